The van der Waals surface area contributed by atoms with Gasteiger partial charge in [0.15, 0.2) is 3.92 Å². The minimum atomic E-state index is 0.926. The number of hydrogen-bond acceptors (Lipinski definition) is 2. The molecular weight excluding hydrogens is 198 g/mol. The Hall–Kier alpha value is -0.150. The SMILES string of the molecule is C=Cc1sc(Br)nc1C. The fraction of sp³-hybridized carbons (Fsp3) is 0.167. The van der Waals surface area contributed by atoms with Gasteiger partial charge in [0, 0.05) is 0 Å². The average Bonchev–Trinajstić information content (AvgIpc) is 2.10. The molecule has 48 valence electrons. The summed E-state index contributed by atoms with van der Waals surface area (Å²) < 4.78 is 0.926. The van der Waals surface area contributed by atoms with Gasteiger partial charge in [-0.25, -0.2) is 4.98 Å². The molecule has 1 nitrogen and oxygen atoms in total. The Morgan fingerprint density at radius 1 is 1.78 bits per heavy atom. The molecule has 0 spiro atoms. The van der Waals surface area contributed by atoms with E-state index in [0.717, 1.165) is 14.5 Å². The van der Waals surface area contributed by atoms with Crippen molar-refractivity contribution in [3.05, 3.63) is 21.1 Å². The minimum absolute atomic E-state index is 0.926. The fourth-order valence-electron chi connectivity index (χ4n) is 0.564. The van der Waals surface area contributed by atoms with Gasteiger partial charge >= 0.3 is 0 Å². The largest absolute Gasteiger partial charge is 0.234 e. The van der Waals surface area contributed by atoms with E-state index in [1.807, 2.05) is 13.0 Å². The first-order chi connectivity index (χ1) is 4.24. The summed E-state index contributed by atoms with van der Waals surface area (Å²) in [5, 5.41) is 0. The highest BCUT2D eigenvalue weighted by molar-refractivity contribution is 9.11. The van der Waals surface area contributed by atoms with Crippen molar-refractivity contribution in [1.82, 2.24) is 4.98 Å². The highest BCUT2D eigenvalue weighted by Gasteiger charge is 1.99. The van der Waals surface area contributed by atoms with Gasteiger partial charge in [-0.1, -0.05) is 12.7 Å². The van der Waals surface area contributed by atoms with E-state index in [-0.39, 0.29) is 0 Å². The third kappa shape index (κ3) is 1.40. The number of aromatic nitrogens is 1. The summed E-state index contributed by atoms with van der Waals surface area (Å²) in [6, 6.07) is 0. The van der Waals surface area contributed by atoms with Crippen LogP contribution in [0, 0.1) is 6.92 Å². The molecule has 0 aromatic carbocycles. The smallest absolute Gasteiger partial charge is 0.159 e. The second-order valence-electron chi connectivity index (χ2n) is 1.62. The molecule has 1 rings (SSSR count). The van der Waals surface area contributed by atoms with E-state index in [2.05, 4.69) is 27.5 Å². The monoisotopic (exact) mass is 203 g/mol. The number of rotatable bonds is 1. The molecule has 0 N–H and O–H groups in total. The molecule has 0 saturated carbocycles. The Morgan fingerprint density at radius 3 is 2.67 bits per heavy atom. The van der Waals surface area contributed by atoms with Gasteiger partial charge in [0.2, 0.25) is 0 Å². The molecule has 0 saturated heterocycles. The molecule has 0 fully saturated rings. The molecule has 1 aromatic heterocycles. The van der Waals surface area contributed by atoms with E-state index in [4.69, 9.17) is 0 Å². The molecule has 1 aromatic rings. The van der Waals surface area contributed by atoms with Gasteiger partial charge in [-0.2, -0.15) is 0 Å². The zero-order valence-electron chi connectivity index (χ0n) is 5.02. The van der Waals surface area contributed by atoms with Gasteiger partial charge in [0.1, 0.15) is 0 Å². The topological polar surface area (TPSA) is 12.9 Å². The maximum Gasteiger partial charge on any atom is 0.159 e. The Balaban J connectivity index is 3.15. The molecule has 9 heavy (non-hydrogen) atoms. The van der Waals surface area contributed by atoms with Gasteiger partial charge in [-0.3, -0.25) is 0 Å². The van der Waals surface area contributed by atoms with Gasteiger partial charge in [0.05, 0.1) is 10.6 Å². The lowest BCUT2D eigenvalue weighted by Gasteiger charge is -1.80. The van der Waals surface area contributed by atoms with Crippen molar-refractivity contribution in [2.45, 2.75) is 6.92 Å². The Morgan fingerprint density at radius 2 is 2.44 bits per heavy atom. The van der Waals surface area contributed by atoms with Crippen LogP contribution >= 0.6 is 27.3 Å². The van der Waals surface area contributed by atoms with Crippen LogP contribution in [0.4, 0.5) is 0 Å². The quantitative estimate of drug-likeness (QED) is 0.685. The number of thiazole rings is 1. The molecule has 0 aliphatic carbocycles. The zero-order valence-corrected chi connectivity index (χ0v) is 7.42. The fourth-order valence-corrected chi connectivity index (χ4v) is 1.99. The zero-order chi connectivity index (χ0) is 6.85. The highest BCUT2D eigenvalue weighted by Crippen LogP contribution is 2.22. The lowest BCUT2D eigenvalue weighted by molar-refractivity contribution is 1.24. The van der Waals surface area contributed by atoms with Gasteiger partial charge in [-0.15, -0.1) is 11.3 Å². The number of aryl methyl sites for hydroxylation is 1. The van der Waals surface area contributed by atoms with Crippen LogP contribution < -0.4 is 0 Å². The van der Waals surface area contributed by atoms with E-state index < -0.39 is 0 Å². The molecule has 0 aliphatic rings. The lowest BCUT2D eigenvalue weighted by atomic mass is 10.4. The number of hydrogen-bond donors (Lipinski definition) is 0. The van der Waals surface area contributed by atoms with Crippen LogP contribution in [0.1, 0.15) is 10.6 Å². The lowest BCUT2D eigenvalue weighted by Crippen LogP contribution is -1.70. The van der Waals surface area contributed by atoms with Crippen molar-refractivity contribution in [2.75, 3.05) is 0 Å². The maximum atomic E-state index is 4.15. The predicted octanol–water partition coefficient (Wildman–Crippen LogP) is 2.86. The predicted molar refractivity (Wildman–Crippen MR) is 44.6 cm³/mol. The van der Waals surface area contributed by atoms with Gasteiger partial charge < -0.3 is 0 Å². The molecule has 0 unspecified atom stereocenters. The van der Waals surface area contributed by atoms with Crippen LogP contribution in [0.25, 0.3) is 6.08 Å². The van der Waals surface area contributed by atoms with Crippen LogP contribution in [0.5, 0.6) is 0 Å². The third-order valence-electron chi connectivity index (χ3n) is 0.992. The standard InChI is InChI=1S/C6H6BrNS/c1-3-5-4(2)8-6(7)9-5/h3H,1H2,2H3. The van der Waals surface area contributed by atoms with Gasteiger partial charge in [-0.05, 0) is 22.9 Å². The van der Waals surface area contributed by atoms with E-state index in [1.54, 1.807) is 11.3 Å². The summed E-state index contributed by atoms with van der Waals surface area (Å²) >= 11 is 4.89. The Kier molecular flexibility index (Phi) is 2.03. The van der Waals surface area contributed by atoms with Gasteiger partial charge in [0.25, 0.3) is 0 Å². The summed E-state index contributed by atoms with van der Waals surface area (Å²) in [6.45, 7) is 5.63. The van der Waals surface area contributed by atoms with E-state index >= 15 is 0 Å². The molecule has 0 amide bonds. The molecule has 1 heterocycles. The molecule has 0 atom stereocenters. The van der Waals surface area contributed by atoms with Crippen LogP contribution in [-0.2, 0) is 0 Å². The van der Waals surface area contributed by atoms with Crippen LogP contribution in [0.2, 0.25) is 0 Å². The summed E-state index contributed by atoms with van der Waals surface area (Å²) in [5.41, 5.74) is 1.04. The molecule has 0 radical (unpaired) electrons. The third-order valence-corrected chi connectivity index (χ3v) is 2.60. The van der Waals surface area contributed by atoms with Crippen molar-refractivity contribution in [3.63, 3.8) is 0 Å². The van der Waals surface area contributed by atoms with Crippen LogP contribution in [-0.4, -0.2) is 4.98 Å². The van der Waals surface area contributed by atoms with E-state index in [1.165, 1.54) is 0 Å². The summed E-state index contributed by atoms with van der Waals surface area (Å²) in [6.07, 6.45) is 1.82. The van der Waals surface area contributed by atoms with Crippen molar-refractivity contribution in [3.8, 4) is 0 Å². The first-order valence-corrected chi connectivity index (χ1v) is 4.10. The molecule has 0 aliphatic heterocycles. The van der Waals surface area contributed by atoms with Crippen LogP contribution in [0.3, 0.4) is 0 Å². The molecular formula is C6H6BrNS. The second kappa shape index (κ2) is 2.62. The summed E-state index contributed by atoms with van der Waals surface area (Å²) in [4.78, 5) is 5.29. The first kappa shape index (κ1) is 6.96. The molecule has 3 heteroatoms. The summed E-state index contributed by atoms with van der Waals surface area (Å²) in [5.74, 6) is 0. The normalized spacial score (nSPS) is 9.56. The first-order valence-electron chi connectivity index (χ1n) is 2.49. The van der Waals surface area contributed by atoms with Crippen LogP contribution in [0.15, 0.2) is 10.5 Å². The van der Waals surface area contributed by atoms with Crippen molar-refractivity contribution in [2.24, 2.45) is 0 Å². The summed E-state index contributed by atoms with van der Waals surface area (Å²) in [7, 11) is 0. The Bertz CT molecular complexity index is 229. The maximum absolute atomic E-state index is 4.15. The number of halogens is 1. The molecule has 0 bridgehead atoms. The van der Waals surface area contributed by atoms with Crippen molar-refractivity contribution < 1.29 is 0 Å². The van der Waals surface area contributed by atoms with Crippen molar-refractivity contribution >= 4 is 33.3 Å². The Labute approximate surface area is 66.6 Å². The van der Waals surface area contributed by atoms with Crippen molar-refractivity contribution in [1.29, 1.82) is 0 Å². The minimum Gasteiger partial charge on any atom is -0.234 e. The van der Waals surface area contributed by atoms with E-state index in [0.29, 0.717) is 0 Å². The average molecular weight is 204 g/mol. The highest BCUT2D eigenvalue weighted by atomic mass is 79.9. The number of nitrogens with zero attached hydrogens (tertiary/aromatic N) is 1. The van der Waals surface area contributed by atoms with E-state index in [9.17, 15) is 0 Å². The second-order valence-corrected chi connectivity index (χ2v) is 3.93.